The second-order valence-corrected chi connectivity index (χ2v) is 7.99. The van der Waals surface area contributed by atoms with E-state index >= 15 is 0 Å². The summed E-state index contributed by atoms with van der Waals surface area (Å²) in [6.45, 7) is 0.566. The van der Waals surface area contributed by atoms with Gasteiger partial charge in [0, 0.05) is 24.8 Å². The number of aliphatic hydroxyl groups excluding tert-OH is 1. The van der Waals surface area contributed by atoms with Crippen molar-refractivity contribution in [3.63, 3.8) is 0 Å². The van der Waals surface area contributed by atoms with Crippen molar-refractivity contribution in [2.24, 2.45) is 5.92 Å². The Labute approximate surface area is 136 Å². The zero-order valence-corrected chi connectivity index (χ0v) is 13.7. The first-order valence-corrected chi connectivity index (χ1v) is 9.54. The van der Waals surface area contributed by atoms with Crippen molar-refractivity contribution in [3.05, 3.63) is 29.3 Å². The molecule has 1 aromatic carbocycles. The number of sulfonamides is 1. The molecule has 6 nitrogen and oxygen atoms in total. The highest BCUT2D eigenvalue weighted by molar-refractivity contribution is 7.89. The van der Waals surface area contributed by atoms with Gasteiger partial charge in [0.15, 0.2) is 0 Å². The van der Waals surface area contributed by atoms with Gasteiger partial charge < -0.3 is 10.4 Å². The molecule has 3 N–H and O–H groups in total. The van der Waals surface area contributed by atoms with Crippen molar-refractivity contribution in [2.45, 2.75) is 43.0 Å². The number of nitrogens with one attached hydrogen (secondary N) is 2. The van der Waals surface area contributed by atoms with Crippen LogP contribution < -0.4 is 10.0 Å². The van der Waals surface area contributed by atoms with E-state index < -0.39 is 10.0 Å². The van der Waals surface area contributed by atoms with Gasteiger partial charge in [-0.2, -0.15) is 0 Å². The lowest BCUT2D eigenvalue weighted by Gasteiger charge is -2.30. The van der Waals surface area contributed by atoms with E-state index in [1.165, 1.54) is 6.07 Å². The molecule has 2 unspecified atom stereocenters. The lowest BCUT2D eigenvalue weighted by atomic mass is 9.86. The van der Waals surface area contributed by atoms with Crippen LogP contribution in [-0.4, -0.2) is 38.6 Å². The van der Waals surface area contributed by atoms with E-state index in [1.807, 2.05) is 0 Å². The van der Waals surface area contributed by atoms with Crippen LogP contribution in [-0.2, 0) is 16.4 Å². The number of hydrogen-bond donors (Lipinski definition) is 3. The molecule has 0 saturated heterocycles. The SMILES string of the molecule is O=C1NCCc2ccc(S(=O)(=O)NC3CCCCC3CO)cc21. The van der Waals surface area contributed by atoms with Crippen LogP contribution in [0.25, 0.3) is 0 Å². The van der Waals surface area contributed by atoms with Gasteiger partial charge in [-0.1, -0.05) is 18.9 Å². The average Bonchev–Trinajstić information content (AvgIpc) is 2.55. The predicted octanol–water partition coefficient (Wildman–Crippen LogP) is 0.802. The molecule has 0 aromatic heterocycles. The fraction of sp³-hybridized carbons (Fsp3) is 0.562. The highest BCUT2D eigenvalue weighted by Gasteiger charge is 2.30. The quantitative estimate of drug-likeness (QED) is 0.757. The van der Waals surface area contributed by atoms with E-state index in [9.17, 15) is 18.3 Å². The summed E-state index contributed by atoms with van der Waals surface area (Å²) >= 11 is 0. The normalized spacial score (nSPS) is 24.8. The van der Waals surface area contributed by atoms with Crippen LogP contribution in [0.4, 0.5) is 0 Å². The molecule has 0 bridgehead atoms. The molecule has 3 rings (SSSR count). The zero-order chi connectivity index (χ0) is 16.4. The topological polar surface area (TPSA) is 95.5 Å². The van der Waals surface area contributed by atoms with E-state index in [4.69, 9.17) is 0 Å². The van der Waals surface area contributed by atoms with Crippen molar-refractivity contribution in [1.29, 1.82) is 0 Å². The average molecular weight is 338 g/mol. The first-order valence-electron chi connectivity index (χ1n) is 8.05. The van der Waals surface area contributed by atoms with Gasteiger partial charge in [0.25, 0.3) is 5.91 Å². The maximum absolute atomic E-state index is 12.6. The Kier molecular flexibility index (Phi) is 4.70. The fourth-order valence-corrected chi connectivity index (χ4v) is 4.77. The summed E-state index contributed by atoms with van der Waals surface area (Å²) in [5, 5.41) is 12.2. The molecule has 23 heavy (non-hydrogen) atoms. The molecule has 1 saturated carbocycles. The van der Waals surface area contributed by atoms with Crippen LogP contribution in [0.1, 0.15) is 41.6 Å². The lowest BCUT2D eigenvalue weighted by Crippen LogP contribution is -2.43. The standard InChI is InChI=1S/C16H22N2O4S/c19-10-12-3-1-2-4-15(12)18-23(21,22)13-6-5-11-7-8-17-16(20)14(11)9-13/h5-6,9,12,15,18-19H,1-4,7-8,10H2,(H,17,20). The highest BCUT2D eigenvalue weighted by Crippen LogP contribution is 2.26. The molecule has 2 aliphatic rings. The molecule has 2 atom stereocenters. The number of aliphatic hydroxyl groups is 1. The molecule has 126 valence electrons. The molecular weight excluding hydrogens is 316 g/mol. The van der Waals surface area contributed by atoms with Crippen molar-refractivity contribution in [3.8, 4) is 0 Å². The summed E-state index contributed by atoms with van der Waals surface area (Å²) in [5.41, 5.74) is 1.31. The van der Waals surface area contributed by atoms with Gasteiger partial charge in [0.05, 0.1) is 4.90 Å². The van der Waals surface area contributed by atoms with Crippen molar-refractivity contribution < 1.29 is 18.3 Å². The Morgan fingerprint density at radius 2 is 2.04 bits per heavy atom. The van der Waals surface area contributed by atoms with E-state index in [2.05, 4.69) is 10.0 Å². The molecule has 1 amide bonds. The Morgan fingerprint density at radius 3 is 2.83 bits per heavy atom. The van der Waals surface area contributed by atoms with E-state index in [0.29, 0.717) is 18.5 Å². The van der Waals surface area contributed by atoms with Gasteiger partial charge in [-0.15, -0.1) is 0 Å². The van der Waals surface area contributed by atoms with Crippen LogP contribution in [0.15, 0.2) is 23.1 Å². The fourth-order valence-electron chi connectivity index (χ4n) is 3.41. The molecule has 7 heteroatoms. The largest absolute Gasteiger partial charge is 0.396 e. The van der Waals surface area contributed by atoms with E-state index in [0.717, 1.165) is 31.2 Å². The molecule has 1 heterocycles. The summed E-state index contributed by atoms with van der Waals surface area (Å²) in [4.78, 5) is 12.0. The minimum atomic E-state index is -3.70. The van der Waals surface area contributed by atoms with Crippen LogP contribution in [0.5, 0.6) is 0 Å². The van der Waals surface area contributed by atoms with Crippen LogP contribution in [0.3, 0.4) is 0 Å². The predicted molar refractivity (Wildman–Crippen MR) is 85.6 cm³/mol. The van der Waals surface area contributed by atoms with E-state index in [1.54, 1.807) is 12.1 Å². The Morgan fingerprint density at radius 1 is 1.26 bits per heavy atom. The van der Waals surface area contributed by atoms with Crippen molar-refractivity contribution in [2.75, 3.05) is 13.2 Å². The second kappa shape index (κ2) is 6.59. The van der Waals surface area contributed by atoms with Crippen LogP contribution in [0, 0.1) is 5.92 Å². The first-order chi connectivity index (χ1) is 11.0. The van der Waals surface area contributed by atoms with Crippen molar-refractivity contribution >= 4 is 15.9 Å². The van der Waals surface area contributed by atoms with Gasteiger partial charge in [-0.3, -0.25) is 4.79 Å². The van der Waals surface area contributed by atoms with Gasteiger partial charge in [-0.25, -0.2) is 13.1 Å². The van der Waals surface area contributed by atoms with Gasteiger partial charge in [0.2, 0.25) is 10.0 Å². The summed E-state index contributed by atoms with van der Waals surface area (Å²) < 4.78 is 28.0. The lowest BCUT2D eigenvalue weighted by molar-refractivity contribution is 0.0945. The number of benzene rings is 1. The Hall–Kier alpha value is -1.44. The summed E-state index contributed by atoms with van der Waals surface area (Å²) in [5.74, 6) is -0.270. The highest BCUT2D eigenvalue weighted by atomic mass is 32.2. The van der Waals surface area contributed by atoms with Crippen LogP contribution >= 0.6 is 0 Å². The first kappa shape index (κ1) is 16.4. The number of rotatable bonds is 4. The molecule has 1 fully saturated rings. The number of hydrogen-bond acceptors (Lipinski definition) is 4. The number of fused-ring (bicyclic) bond motifs is 1. The maximum atomic E-state index is 12.6. The molecule has 1 aliphatic carbocycles. The number of amides is 1. The van der Waals surface area contributed by atoms with E-state index in [-0.39, 0.29) is 29.4 Å². The van der Waals surface area contributed by atoms with Gasteiger partial charge >= 0.3 is 0 Å². The monoisotopic (exact) mass is 338 g/mol. The number of carbonyl (C=O) groups is 1. The van der Waals surface area contributed by atoms with Gasteiger partial charge in [-0.05, 0) is 42.9 Å². The third-order valence-corrected chi connectivity index (χ3v) is 6.25. The maximum Gasteiger partial charge on any atom is 0.251 e. The Bertz CT molecular complexity index is 702. The second-order valence-electron chi connectivity index (χ2n) is 6.28. The molecule has 0 spiro atoms. The number of carbonyl (C=O) groups excluding carboxylic acids is 1. The molecular formula is C16H22N2O4S. The Balaban J connectivity index is 1.85. The zero-order valence-electron chi connectivity index (χ0n) is 12.9. The third-order valence-electron chi connectivity index (χ3n) is 4.77. The molecule has 1 aromatic rings. The van der Waals surface area contributed by atoms with Gasteiger partial charge in [0.1, 0.15) is 0 Å². The molecule has 1 aliphatic heterocycles. The minimum absolute atomic E-state index is 0.0141. The van der Waals surface area contributed by atoms with Crippen LogP contribution in [0.2, 0.25) is 0 Å². The summed E-state index contributed by atoms with van der Waals surface area (Å²) in [7, 11) is -3.70. The third kappa shape index (κ3) is 3.41. The summed E-state index contributed by atoms with van der Waals surface area (Å²) in [6, 6.07) is 4.47. The summed E-state index contributed by atoms with van der Waals surface area (Å²) in [6.07, 6.45) is 4.24. The molecule has 0 radical (unpaired) electrons. The minimum Gasteiger partial charge on any atom is -0.396 e. The van der Waals surface area contributed by atoms with Crippen molar-refractivity contribution in [1.82, 2.24) is 10.0 Å². The smallest absolute Gasteiger partial charge is 0.251 e.